The van der Waals surface area contributed by atoms with Crippen molar-refractivity contribution in [3.63, 3.8) is 0 Å². The summed E-state index contributed by atoms with van der Waals surface area (Å²) in [4.78, 5) is 15.3. The number of aliphatic hydroxyl groups excluding tert-OH is 1. The van der Waals surface area contributed by atoms with Crippen molar-refractivity contribution in [2.75, 3.05) is 0 Å². The molecule has 1 N–H and O–H groups in total. The van der Waals surface area contributed by atoms with E-state index in [0.29, 0.717) is 12.3 Å². The van der Waals surface area contributed by atoms with Gasteiger partial charge in [-0.05, 0) is 101 Å². The van der Waals surface area contributed by atoms with Crippen LogP contribution in [0.15, 0.2) is 131 Å². The van der Waals surface area contributed by atoms with Crippen LogP contribution in [0.4, 0.5) is 4.39 Å². The first-order valence-corrected chi connectivity index (χ1v) is 16.6. The Morgan fingerprint density at radius 3 is 2.33 bits per heavy atom. The molecule has 1 atom stereocenters. The Balaban J connectivity index is 0.000000429. The van der Waals surface area contributed by atoms with E-state index in [1.165, 1.54) is 46.7 Å². The number of aryl methyl sites for hydroxylation is 1. The zero-order chi connectivity index (χ0) is 32.6. The first-order valence-electron chi connectivity index (χ1n) is 16.6. The van der Waals surface area contributed by atoms with Crippen molar-refractivity contribution in [2.24, 2.45) is 0 Å². The lowest BCUT2D eigenvalue weighted by Crippen LogP contribution is -2.14. The smallest absolute Gasteiger partial charge is 0.335 e. The number of aliphatic hydroxyl groups is 1. The highest BCUT2D eigenvalue weighted by Gasteiger charge is 2.30. The standard InChI is InChI=1S/C38H30FNO.C5H4O2/c39-27-16-11-25(12-17-27)36-32-7-3-4-8-34(32)40-38(26-9-10-26)33(36)19-14-24-15-22-35(41)37-29(24)20-21-30-28-6-2-1-5-23(28)13-18-31(30)37;6-5-3-1-2-4-7-5/h1-8,11-12,14-17,19-21,26,35,41H,9-10,13,18,22H2;1-4H. The minimum Gasteiger partial charge on any atom is -0.431 e. The van der Waals surface area contributed by atoms with Gasteiger partial charge in [-0.1, -0.05) is 91.0 Å². The zero-order valence-electron chi connectivity index (χ0n) is 26.4. The van der Waals surface area contributed by atoms with Crippen molar-refractivity contribution in [3.05, 3.63) is 171 Å². The maximum absolute atomic E-state index is 13.9. The van der Waals surface area contributed by atoms with Crippen molar-refractivity contribution in [1.29, 1.82) is 0 Å². The largest absolute Gasteiger partial charge is 0.431 e. The number of para-hydroxylation sites is 1. The molecule has 9 rings (SSSR count). The van der Waals surface area contributed by atoms with Crippen LogP contribution in [-0.4, -0.2) is 10.1 Å². The predicted molar refractivity (Wildman–Crippen MR) is 190 cm³/mol. The second-order valence-corrected chi connectivity index (χ2v) is 12.7. The van der Waals surface area contributed by atoms with Gasteiger partial charge in [0.05, 0.1) is 23.6 Å². The summed E-state index contributed by atoms with van der Waals surface area (Å²) in [7, 11) is 0. The van der Waals surface area contributed by atoms with E-state index in [-0.39, 0.29) is 11.4 Å². The summed E-state index contributed by atoms with van der Waals surface area (Å²) in [6, 6.07) is 32.8. The normalized spacial score (nSPS) is 16.4. The van der Waals surface area contributed by atoms with Crippen LogP contribution in [-0.2, 0) is 12.8 Å². The fraction of sp³-hybridized carbons (Fsp3) is 0.163. The first kappa shape index (κ1) is 30.0. The molecule has 236 valence electrons. The third kappa shape index (κ3) is 5.71. The molecule has 0 radical (unpaired) electrons. The molecule has 1 unspecified atom stereocenters. The van der Waals surface area contributed by atoms with E-state index in [9.17, 15) is 14.3 Å². The zero-order valence-corrected chi connectivity index (χ0v) is 26.4. The molecule has 0 amide bonds. The third-order valence-electron chi connectivity index (χ3n) is 9.61. The van der Waals surface area contributed by atoms with Gasteiger partial charge in [0.15, 0.2) is 0 Å². The van der Waals surface area contributed by atoms with Crippen molar-refractivity contribution in [1.82, 2.24) is 4.98 Å². The quantitative estimate of drug-likeness (QED) is 0.210. The predicted octanol–water partition coefficient (Wildman–Crippen LogP) is 9.86. The van der Waals surface area contributed by atoms with Gasteiger partial charge in [0.25, 0.3) is 0 Å². The number of allylic oxidation sites excluding steroid dienone is 2. The number of hydrogen-bond acceptors (Lipinski definition) is 4. The summed E-state index contributed by atoms with van der Waals surface area (Å²) in [5.41, 5.74) is 13.5. The lowest BCUT2D eigenvalue weighted by atomic mass is 9.77. The number of pyridine rings is 1. The molecular weight excluding hydrogens is 597 g/mol. The van der Waals surface area contributed by atoms with Crippen LogP contribution in [0, 0.1) is 5.82 Å². The lowest BCUT2D eigenvalue weighted by Gasteiger charge is -2.29. The number of hydrogen-bond donors (Lipinski definition) is 1. The van der Waals surface area contributed by atoms with Crippen LogP contribution >= 0.6 is 0 Å². The Morgan fingerprint density at radius 1 is 0.792 bits per heavy atom. The fourth-order valence-corrected chi connectivity index (χ4v) is 7.21. The Morgan fingerprint density at radius 2 is 1.56 bits per heavy atom. The maximum atomic E-state index is 13.9. The molecule has 1 fully saturated rings. The Bertz CT molecular complexity index is 2260. The summed E-state index contributed by atoms with van der Waals surface area (Å²) in [6.45, 7) is 0. The summed E-state index contributed by atoms with van der Waals surface area (Å²) >= 11 is 0. The number of benzene rings is 4. The topological polar surface area (TPSA) is 63.3 Å². The molecule has 48 heavy (non-hydrogen) atoms. The molecule has 6 aromatic rings. The van der Waals surface area contributed by atoms with Crippen LogP contribution in [0.5, 0.6) is 0 Å². The van der Waals surface area contributed by atoms with E-state index >= 15 is 0 Å². The van der Waals surface area contributed by atoms with Gasteiger partial charge in [-0.25, -0.2) is 9.18 Å². The highest BCUT2D eigenvalue weighted by atomic mass is 19.1. The average molecular weight is 632 g/mol. The molecule has 3 aliphatic rings. The highest BCUT2D eigenvalue weighted by Crippen LogP contribution is 2.47. The SMILES string of the molecule is O=c1cccco1.OC1CC=C(C=Cc2c(C3CC3)nc3ccccc3c2-c2ccc(F)cc2)c2ccc3c(c21)CCc1ccccc1-3. The monoisotopic (exact) mass is 631 g/mol. The molecule has 0 spiro atoms. The molecule has 2 heterocycles. The van der Waals surface area contributed by atoms with Gasteiger partial charge in [-0.2, -0.15) is 0 Å². The van der Waals surface area contributed by atoms with E-state index in [2.05, 4.69) is 71.2 Å². The van der Waals surface area contributed by atoms with Crippen molar-refractivity contribution in [3.8, 4) is 22.3 Å². The second kappa shape index (κ2) is 12.7. The number of fused-ring (bicyclic) bond motifs is 6. The molecule has 0 saturated heterocycles. The number of nitrogens with zero attached hydrogens (tertiary/aromatic N) is 1. The summed E-state index contributed by atoms with van der Waals surface area (Å²) in [5.74, 6) is 0.208. The Hall–Kier alpha value is -5.39. The summed E-state index contributed by atoms with van der Waals surface area (Å²) in [5, 5.41) is 12.3. The third-order valence-corrected chi connectivity index (χ3v) is 9.61. The molecule has 4 nitrogen and oxygen atoms in total. The summed E-state index contributed by atoms with van der Waals surface area (Å²) < 4.78 is 18.3. The van der Waals surface area contributed by atoms with E-state index in [4.69, 9.17) is 4.98 Å². The molecule has 5 heteroatoms. The Kier molecular flexibility index (Phi) is 7.91. The van der Waals surface area contributed by atoms with E-state index in [1.807, 2.05) is 24.3 Å². The highest BCUT2D eigenvalue weighted by molar-refractivity contribution is 6.00. The summed E-state index contributed by atoms with van der Waals surface area (Å²) in [6.07, 6.45) is 12.3. The average Bonchev–Trinajstić information content (AvgIpc) is 3.97. The van der Waals surface area contributed by atoms with Gasteiger partial charge in [0.1, 0.15) is 5.82 Å². The van der Waals surface area contributed by atoms with Gasteiger partial charge in [-0.3, -0.25) is 4.98 Å². The van der Waals surface area contributed by atoms with Crippen LogP contribution < -0.4 is 5.63 Å². The second-order valence-electron chi connectivity index (χ2n) is 12.7. The van der Waals surface area contributed by atoms with Gasteiger partial charge in [0.2, 0.25) is 0 Å². The Labute approximate surface area is 278 Å². The molecule has 0 aliphatic heterocycles. The van der Waals surface area contributed by atoms with Crippen molar-refractivity contribution < 1.29 is 13.9 Å². The fourth-order valence-electron chi connectivity index (χ4n) is 7.21. The van der Waals surface area contributed by atoms with Crippen LogP contribution in [0.1, 0.15) is 64.8 Å². The molecule has 0 bridgehead atoms. The van der Waals surface area contributed by atoms with Gasteiger partial charge in [0, 0.05) is 28.5 Å². The van der Waals surface area contributed by atoms with E-state index in [1.54, 1.807) is 12.1 Å². The van der Waals surface area contributed by atoms with Gasteiger partial charge < -0.3 is 9.52 Å². The molecule has 1 saturated carbocycles. The van der Waals surface area contributed by atoms with Crippen LogP contribution in [0.2, 0.25) is 0 Å². The molecular formula is C43H34FNO3. The minimum absolute atomic E-state index is 0.236. The number of rotatable bonds is 4. The van der Waals surface area contributed by atoms with Gasteiger partial charge in [-0.15, -0.1) is 0 Å². The molecule has 2 aromatic heterocycles. The van der Waals surface area contributed by atoms with Gasteiger partial charge >= 0.3 is 5.63 Å². The van der Waals surface area contributed by atoms with Crippen LogP contribution in [0.25, 0.3) is 44.8 Å². The van der Waals surface area contributed by atoms with E-state index < -0.39 is 6.10 Å². The number of aromatic nitrogens is 1. The first-order chi connectivity index (χ1) is 23.5. The lowest BCUT2D eigenvalue weighted by molar-refractivity contribution is 0.179. The van der Waals surface area contributed by atoms with Crippen molar-refractivity contribution in [2.45, 2.75) is 44.1 Å². The van der Waals surface area contributed by atoms with E-state index in [0.717, 1.165) is 75.7 Å². The van der Waals surface area contributed by atoms with Crippen molar-refractivity contribution >= 4 is 22.6 Å². The number of halogens is 1. The van der Waals surface area contributed by atoms with Crippen LogP contribution in [0.3, 0.4) is 0 Å². The minimum atomic E-state index is -0.499. The molecule has 3 aliphatic carbocycles. The molecule has 4 aromatic carbocycles. The maximum Gasteiger partial charge on any atom is 0.335 e.